The molecule has 0 fully saturated rings. The molecular formula is C15H15BrN2O3. The average molecular weight is 351 g/mol. The maximum absolute atomic E-state index is 12.2. The number of benzene rings is 1. The predicted octanol–water partition coefficient (Wildman–Crippen LogP) is 3.11. The summed E-state index contributed by atoms with van der Waals surface area (Å²) in [5.74, 6) is -1.15. The molecule has 2 aromatic rings. The number of carboxylic acid groups (broad SMARTS) is 1. The third kappa shape index (κ3) is 4.46. The van der Waals surface area contributed by atoms with Crippen LogP contribution in [-0.4, -0.2) is 22.0 Å². The molecule has 0 saturated heterocycles. The largest absolute Gasteiger partial charge is 0.481 e. The molecule has 1 aromatic carbocycles. The molecule has 0 radical (unpaired) electrons. The highest BCUT2D eigenvalue weighted by molar-refractivity contribution is 9.10. The molecule has 110 valence electrons. The number of aromatic amines is 1. The first-order valence-electron chi connectivity index (χ1n) is 6.48. The number of halogens is 1. The van der Waals surface area contributed by atoms with Gasteiger partial charge in [-0.25, -0.2) is 0 Å². The molecule has 1 unspecified atom stereocenters. The third-order valence-electron chi connectivity index (χ3n) is 3.05. The van der Waals surface area contributed by atoms with E-state index in [0.29, 0.717) is 12.1 Å². The van der Waals surface area contributed by atoms with Gasteiger partial charge in [0.1, 0.15) is 5.69 Å². The molecule has 1 amide bonds. The number of carboxylic acids is 1. The van der Waals surface area contributed by atoms with Gasteiger partial charge in [0.2, 0.25) is 0 Å². The lowest BCUT2D eigenvalue weighted by Crippen LogP contribution is -2.29. The van der Waals surface area contributed by atoms with Crippen LogP contribution in [-0.2, 0) is 4.79 Å². The van der Waals surface area contributed by atoms with Crippen molar-refractivity contribution in [2.45, 2.75) is 18.9 Å². The van der Waals surface area contributed by atoms with Crippen molar-refractivity contribution in [2.75, 3.05) is 0 Å². The number of carbonyl (C=O) groups is 2. The minimum absolute atomic E-state index is 0.00569. The van der Waals surface area contributed by atoms with Crippen molar-refractivity contribution in [2.24, 2.45) is 0 Å². The van der Waals surface area contributed by atoms with E-state index in [0.717, 1.165) is 10.0 Å². The SMILES string of the molecule is O=C(O)CCC(NC(=O)c1cc(Br)c[nH]1)c1ccccc1. The minimum Gasteiger partial charge on any atom is -0.481 e. The summed E-state index contributed by atoms with van der Waals surface area (Å²) < 4.78 is 0.787. The summed E-state index contributed by atoms with van der Waals surface area (Å²) >= 11 is 3.27. The summed E-state index contributed by atoms with van der Waals surface area (Å²) in [6.07, 6.45) is 2.00. The summed E-state index contributed by atoms with van der Waals surface area (Å²) in [7, 11) is 0. The maximum atomic E-state index is 12.2. The van der Waals surface area contributed by atoms with E-state index in [2.05, 4.69) is 26.2 Å². The Bertz CT molecular complexity index is 625. The Balaban J connectivity index is 2.12. The number of carbonyl (C=O) groups excluding carboxylic acids is 1. The van der Waals surface area contributed by atoms with Gasteiger partial charge in [-0.15, -0.1) is 0 Å². The van der Waals surface area contributed by atoms with Gasteiger partial charge in [0.05, 0.1) is 6.04 Å². The first-order valence-corrected chi connectivity index (χ1v) is 7.27. The van der Waals surface area contributed by atoms with E-state index in [9.17, 15) is 9.59 Å². The molecule has 6 heteroatoms. The van der Waals surface area contributed by atoms with Crippen LogP contribution in [0.5, 0.6) is 0 Å². The van der Waals surface area contributed by atoms with Gasteiger partial charge in [0.25, 0.3) is 5.91 Å². The quantitative estimate of drug-likeness (QED) is 0.748. The number of H-pyrrole nitrogens is 1. The molecular weight excluding hydrogens is 336 g/mol. The number of rotatable bonds is 6. The Morgan fingerprint density at radius 2 is 2.00 bits per heavy atom. The average Bonchev–Trinajstić information content (AvgIpc) is 2.90. The van der Waals surface area contributed by atoms with Crippen molar-refractivity contribution in [3.05, 3.63) is 58.3 Å². The summed E-state index contributed by atoms with van der Waals surface area (Å²) in [4.78, 5) is 25.8. The van der Waals surface area contributed by atoms with Crippen molar-refractivity contribution in [3.8, 4) is 0 Å². The van der Waals surface area contributed by atoms with Crippen LogP contribution >= 0.6 is 15.9 Å². The van der Waals surface area contributed by atoms with E-state index in [-0.39, 0.29) is 18.4 Å². The van der Waals surface area contributed by atoms with Crippen molar-refractivity contribution >= 4 is 27.8 Å². The molecule has 1 heterocycles. The number of aliphatic carboxylic acids is 1. The molecule has 0 saturated carbocycles. The lowest BCUT2D eigenvalue weighted by molar-refractivity contribution is -0.137. The van der Waals surface area contributed by atoms with Gasteiger partial charge in [-0.2, -0.15) is 0 Å². The van der Waals surface area contributed by atoms with Crippen LogP contribution in [0.3, 0.4) is 0 Å². The zero-order chi connectivity index (χ0) is 15.2. The molecule has 0 aliphatic heterocycles. The van der Waals surface area contributed by atoms with Crippen molar-refractivity contribution in [1.82, 2.24) is 10.3 Å². The van der Waals surface area contributed by atoms with Crippen LogP contribution in [0.25, 0.3) is 0 Å². The van der Waals surface area contributed by atoms with Crippen molar-refractivity contribution < 1.29 is 14.7 Å². The topological polar surface area (TPSA) is 82.2 Å². The molecule has 0 spiro atoms. The fourth-order valence-corrected chi connectivity index (χ4v) is 2.35. The van der Waals surface area contributed by atoms with Crippen LogP contribution in [0.2, 0.25) is 0 Å². The van der Waals surface area contributed by atoms with E-state index >= 15 is 0 Å². The highest BCUT2D eigenvalue weighted by Gasteiger charge is 2.17. The summed E-state index contributed by atoms with van der Waals surface area (Å²) in [5.41, 5.74) is 1.32. The predicted molar refractivity (Wildman–Crippen MR) is 82.0 cm³/mol. The second-order valence-electron chi connectivity index (χ2n) is 4.60. The molecule has 1 atom stereocenters. The van der Waals surface area contributed by atoms with Gasteiger partial charge < -0.3 is 15.4 Å². The Labute approximate surface area is 130 Å². The Morgan fingerprint density at radius 1 is 1.29 bits per heavy atom. The highest BCUT2D eigenvalue weighted by Crippen LogP contribution is 2.19. The molecule has 0 aliphatic carbocycles. The number of hydrogen-bond acceptors (Lipinski definition) is 2. The number of hydrogen-bond donors (Lipinski definition) is 3. The van der Waals surface area contributed by atoms with Gasteiger partial charge in [-0.3, -0.25) is 9.59 Å². The van der Waals surface area contributed by atoms with E-state index in [1.54, 1.807) is 12.3 Å². The molecule has 0 aliphatic rings. The van der Waals surface area contributed by atoms with Crippen LogP contribution in [0.4, 0.5) is 0 Å². The molecule has 21 heavy (non-hydrogen) atoms. The normalized spacial score (nSPS) is 11.9. The van der Waals surface area contributed by atoms with E-state index in [4.69, 9.17) is 5.11 Å². The zero-order valence-electron chi connectivity index (χ0n) is 11.2. The second kappa shape index (κ2) is 7.08. The lowest BCUT2D eigenvalue weighted by Gasteiger charge is -2.18. The van der Waals surface area contributed by atoms with Crippen LogP contribution in [0.1, 0.15) is 34.9 Å². The standard InChI is InChI=1S/C15H15BrN2O3/c16-11-8-13(17-9-11)15(21)18-12(6-7-14(19)20)10-4-2-1-3-5-10/h1-5,8-9,12,17H,6-7H2,(H,18,21)(H,19,20). The summed E-state index contributed by atoms with van der Waals surface area (Å²) in [6, 6.07) is 10.7. The first kappa shape index (κ1) is 15.3. The fraction of sp³-hybridized carbons (Fsp3) is 0.200. The van der Waals surface area contributed by atoms with Gasteiger partial charge in [-0.1, -0.05) is 30.3 Å². The van der Waals surface area contributed by atoms with Gasteiger partial charge in [0, 0.05) is 17.1 Å². The number of nitrogens with one attached hydrogen (secondary N) is 2. The van der Waals surface area contributed by atoms with E-state index in [1.807, 2.05) is 30.3 Å². The maximum Gasteiger partial charge on any atom is 0.303 e. The van der Waals surface area contributed by atoms with Crippen molar-refractivity contribution in [3.63, 3.8) is 0 Å². The zero-order valence-corrected chi connectivity index (χ0v) is 12.8. The second-order valence-corrected chi connectivity index (χ2v) is 5.52. The first-order chi connectivity index (χ1) is 10.1. The van der Waals surface area contributed by atoms with Gasteiger partial charge in [-0.05, 0) is 34.0 Å². The van der Waals surface area contributed by atoms with Crippen molar-refractivity contribution in [1.29, 1.82) is 0 Å². The Morgan fingerprint density at radius 3 is 2.57 bits per heavy atom. The van der Waals surface area contributed by atoms with E-state index in [1.165, 1.54) is 0 Å². The van der Waals surface area contributed by atoms with Crippen LogP contribution in [0.15, 0.2) is 47.1 Å². The minimum atomic E-state index is -0.882. The van der Waals surface area contributed by atoms with E-state index < -0.39 is 5.97 Å². The highest BCUT2D eigenvalue weighted by atomic mass is 79.9. The van der Waals surface area contributed by atoms with Gasteiger partial charge in [0.15, 0.2) is 0 Å². The third-order valence-corrected chi connectivity index (χ3v) is 3.50. The molecule has 0 bridgehead atoms. The number of amides is 1. The summed E-state index contributed by atoms with van der Waals surface area (Å²) in [5, 5.41) is 11.7. The number of aromatic nitrogens is 1. The molecule has 2 rings (SSSR count). The molecule has 1 aromatic heterocycles. The Kier molecular flexibility index (Phi) is 5.16. The summed E-state index contributed by atoms with van der Waals surface area (Å²) in [6.45, 7) is 0. The molecule has 3 N–H and O–H groups in total. The Hall–Kier alpha value is -2.08. The van der Waals surface area contributed by atoms with Crippen LogP contribution in [0, 0.1) is 0 Å². The van der Waals surface area contributed by atoms with Crippen LogP contribution < -0.4 is 5.32 Å². The molecule has 5 nitrogen and oxygen atoms in total. The smallest absolute Gasteiger partial charge is 0.303 e. The fourth-order valence-electron chi connectivity index (χ4n) is 2.01. The van der Waals surface area contributed by atoms with Gasteiger partial charge >= 0.3 is 5.97 Å². The lowest BCUT2D eigenvalue weighted by atomic mass is 10.0. The monoisotopic (exact) mass is 350 g/mol.